The molecular weight excluding hydrogens is 190 g/mol. The van der Waals surface area contributed by atoms with Crippen molar-refractivity contribution in [1.29, 1.82) is 0 Å². The lowest BCUT2D eigenvalue weighted by atomic mass is 9.90. The first-order valence-electron chi connectivity index (χ1n) is 5.53. The summed E-state index contributed by atoms with van der Waals surface area (Å²) in [5.74, 6) is 5.03. The number of piperidine rings is 1. The Hall–Kier alpha value is -1.01. The van der Waals surface area contributed by atoms with Crippen LogP contribution in [0.2, 0.25) is 0 Å². The van der Waals surface area contributed by atoms with Crippen molar-refractivity contribution in [2.75, 3.05) is 13.1 Å². The van der Waals surface area contributed by atoms with Gasteiger partial charge in [-0.25, -0.2) is 0 Å². The highest BCUT2D eigenvalue weighted by molar-refractivity contribution is 5.70. The lowest BCUT2D eigenvalue weighted by Crippen LogP contribution is -2.46. The summed E-state index contributed by atoms with van der Waals surface area (Å²) in [6.07, 6.45) is 2.64. The van der Waals surface area contributed by atoms with Crippen LogP contribution in [0.1, 0.15) is 33.1 Å². The van der Waals surface area contributed by atoms with Crippen molar-refractivity contribution >= 4 is 5.97 Å². The van der Waals surface area contributed by atoms with Crippen LogP contribution in [0.4, 0.5) is 0 Å². The third-order valence-corrected chi connectivity index (χ3v) is 3.14. The summed E-state index contributed by atoms with van der Waals surface area (Å²) in [7, 11) is 0. The van der Waals surface area contributed by atoms with Gasteiger partial charge < -0.3 is 5.11 Å². The number of carboxylic acid groups (broad SMARTS) is 1. The summed E-state index contributed by atoms with van der Waals surface area (Å²) in [5.41, 5.74) is 0. The quantitative estimate of drug-likeness (QED) is 0.717. The highest BCUT2D eigenvalue weighted by Crippen LogP contribution is 2.23. The van der Waals surface area contributed by atoms with Crippen LogP contribution in [-0.4, -0.2) is 35.1 Å². The van der Waals surface area contributed by atoms with Gasteiger partial charge in [-0.1, -0.05) is 0 Å². The van der Waals surface area contributed by atoms with Crippen molar-refractivity contribution in [3.05, 3.63) is 0 Å². The molecule has 0 amide bonds. The molecule has 1 rings (SSSR count). The van der Waals surface area contributed by atoms with Gasteiger partial charge in [-0.3, -0.25) is 9.69 Å². The van der Waals surface area contributed by atoms with Crippen LogP contribution < -0.4 is 0 Å². The molecule has 0 bridgehead atoms. The molecule has 0 aromatic heterocycles. The molecule has 1 saturated heterocycles. The molecular formula is C12H19NO2. The van der Waals surface area contributed by atoms with Crippen LogP contribution in [0.25, 0.3) is 0 Å². The summed E-state index contributed by atoms with van der Waals surface area (Å²) in [6.45, 7) is 5.75. The number of rotatable bonds is 3. The number of carbonyl (C=O) groups is 1. The third-order valence-electron chi connectivity index (χ3n) is 3.14. The van der Waals surface area contributed by atoms with Crippen molar-refractivity contribution in [2.45, 2.75) is 39.2 Å². The van der Waals surface area contributed by atoms with Crippen LogP contribution >= 0.6 is 0 Å². The van der Waals surface area contributed by atoms with E-state index < -0.39 is 5.97 Å². The van der Waals surface area contributed by atoms with Crippen molar-refractivity contribution in [3.63, 3.8) is 0 Å². The molecule has 3 heteroatoms. The molecule has 0 saturated carbocycles. The van der Waals surface area contributed by atoms with Gasteiger partial charge in [-0.15, -0.1) is 11.8 Å². The van der Waals surface area contributed by atoms with Gasteiger partial charge in [-0.05, 0) is 33.2 Å². The lowest BCUT2D eigenvalue weighted by Gasteiger charge is -2.37. The topological polar surface area (TPSA) is 40.5 Å². The third kappa shape index (κ3) is 3.24. The van der Waals surface area contributed by atoms with E-state index in [1.807, 2.05) is 13.8 Å². The van der Waals surface area contributed by atoms with E-state index >= 15 is 0 Å². The number of likely N-dealkylation sites (tertiary alicyclic amines) is 1. The largest absolute Gasteiger partial charge is 0.481 e. The maximum absolute atomic E-state index is 11.0. The molecule has 2 unspecified atom stereocenters. The first kappa shape index (κ1) is 12.1. The van der Waals surface area contributed by atoms with Crippen molar-refractivity contribution in [1.82, 2.24) is 4.90 Å². The summed E-state index contributed by atoms with van der Waals surface area (Å²) in [5, 5.41) is 9.04. The van der Waals surface area contributed by atoms with Crippen LogP contribution in [0.15, 0.2) is 0 Å². The Morgan fingerprint density at radius 3 is 2.93 bits per heavy atom. The highest BCUT2D eigenvalue weighted by atomic mass is 16.4. The zero-order valence-electron chi connectivity index (χ0n) is 9.49. The molecule has 0 aromatic rings. The Labute approximate surface area is 91.5 Å². The molecule has 0 spiro atoms. The van der Waals surface area contributed by atoms with E-state index in [0.717, 1.165) is 32.4 Å². The Bertz CT molecular complexity index is 277. The summed E-state index contributed by atoms with van der Waals surface area (Å²) < 4.78 is 0. The van der Waals surface area contributed by atoms with E-state index in [2.05, 4.69) is 16.7 Å². The van der Waals surface area contributed by atoms with Crippen molar-refractivity contribution < 1.29 is 9.90 Å². The minimum atomic E-state index is -0.659. The van der Waals surface area contributed by atoms with E-state index in [1.165, 1.54) is 0 Å². The predicted octanol–water partition coefficient (Wildman–Crippen LogP) is 1.58. The average Bonchev–Trinajstić information content (AvgIpc) is 2.20. The summed E-state index contributed by atoms with van der Waals surface area (Å²) in [4.78, 5) is 13.2. The molecule has 15 heavy (non-hydrogen) atoms. The minimum Gasteiger partial charge on any atom is -0.481 e. The van der Waals surface area contributed by atoms with Crippen LogP contribution in [0.5, 0.6) is 0 Å². The number of hydrogen-bond acceptors (Lipinski definition) is 2. The Morgan fingerprint density at radius 1 is 1.60 bits per heavy atom. The lowest BCUT2D eigenvalue weighted by molar-refractivity contribution is -0.145. The maximum Gasteiger partial charge on any atom is 0.308 e. The van der Waals surface area contributed by atoms with E-state index in [9.17, 15) is 4.79 Å². The normalized spacial score (nSPS) is 26.8. The number of aliphatic carboxylic acids is 1. The molecule has 0 aromatic carbocycles. The molecule has 3 nitrogen and oxygen atoms in total. The average molecular weight is 209 g/mol. The molecule has 0 radical (unpaired) electrons. The number of nitrogens with zero attached hydrogens (tertiary/aromatic N) is 1. The first-order valence-corrected chi connectivity index (χ1v) is 5.53. The van der Waals surface area contributed by atoms with Gasteiger partial charge in [0.05, 0.1) is 5.92 Å². The fourth-order valence-corrected chi connectivity index (χ4v) is 2.18. The van der Waals surface area contributed by atoms with Gasteiger partial charge in [0.25, 0.3) is 0 Å². The molecule has 1 aliphatic heterocycles. The second kappa shape index (κ2) is 5.77. The zero-order chi connectivity index (χ0) is 11.3. The van der Waals surface area contributed by atoms with E-state index in [1.54, 1.807) is 0 Å². The van der Waals surface area contributed by atoms with Crippen LogP contribution in [0.3, 0.4) is 0 Å². The number of hydrogen-bond donors (Lipinski definition) is 1. The smallest absolute Gasteiger partial charge is 0.308 e. The Balaban J connectivity index is 2.49. The molecule has 1 N–H and O–H groups in total. The van der Waals surface area contributed by atoms with E-state index in [-0.39, 0.29) is 12.0 Å². The van der Waals surface area contributed by atoms with Gasteiger partial charge in [0.1, 0.15) is 0 Å². The van der Waals surface area contributed by atoms with E-state index in [0.29, 0.717) is 0 Å². The molecule has 2 atom stereocenters. The predicted molar refractivity (Wildman–Crippen MR) is 59.5 cm³/mol. The Morgan fingerprint density at radius 2 is 2.33 bits per heavy atom. The molecule has 1 aliphatic rings. The summed E-state index contributed by atoms with van der Waals surface area (Å²) in [6, 6.07) is 0.148. The summed E-state index contributed by atoms with van der Waals surface area (Å²) >= 11 is 0. The maximum atomic E-state index is 11.0. The van der Waals surface area contributed by atoms with Gasteiger partial charge in [0, 0.05) is 19.0 Å². The fraction of sp³-hybridized carbons (Fsp3) is 0.750. The second-order valence-electron chi connectivity index (χ2n) is 4.04. The highest BCUT2D eigenvalue weighted by Gasteiger charge is 2.32. The van der Waals surface area contributed by atoms with Crippen molar-refractivity contribution in [2.24, 2.45) is 5.92 Å². The first-order chi connectivity index (χ1) is 7.16. The Kier molecular flexibility index (Phi) is 4.64. The van der Waals surface area contributed by atoms with Gasteiger partial charge in [-0.2, -0.15) is 0 Å². The monoisotopic (exact) mass is 209 g/mol. The zero-order valence-corrected chi connectivity index (χ0v) is 9.49. The molecule has 1 fully saturated rings. The SMILES string of the molecule is CC#CCCN1CCCC(C(=O)O)C1C. The van der Waals surface area contributed by atoms with Crippen LogP contribution in [0, 0.1) is 17.8 Å². The van der Waals surface area contributed by atoms with Crippen LogP contribution in [-0.2, 0) is 4.79 Å². The second-order valence-corrected chi connectivity index (χ2v) is 4.04. The van der Waals surface area contributed by atoms with Crippen molar-refractivity contribution in [3.8, 4) is 11.8 Å². The fourth-order valence-electron chi connectivity index (χ4n) is 2.18. The van der Waals surface area contributed by atoms with Gasteiger partial charge >= 0.3 is 5.97 Å². The molecule has 84 valence electrons. The standard InChI is InChI=1S/C12H19NO2/c1-3-4-5-8-13-9-6-7-11(10(13)2)12(14)15/h10-11H,5-9H2,1-2H3,(H,14,15). The number of carboxylic acids is 1. The van der Waals surface area contributed by atoms with Gasteiger partial charge in [0.2, 0.25) is 0 Å². The molecule has 0 aliphatic carbocycles. The van der Waals surface area contributed by atoms with E-state index in [4.69, 9.17) is 5.11 Å². The molecule has 1 heterocycles. The minimum absolute atomic E-state index is 0.148. The van der Waals surface area contributed by atoms with Gasteiger partial charge in [0.15, 0.2) is 0 Å².